The number of nitrogens with one attached hydrogen (secondary N) is 1. The van der Waals surface area contributed by atoms with Crippen LogP contribution in [0.2, 0.25) is 0 Å². The zero-order chi connectivity index (χ0) is 29.2. The molecule has 4 N–H and O–H groups in total. The van der Waals surface area contributed by atoms with Crippen molar-refractivity contribution >= 4 is 0 Å². The summed E-state index contributed by atoms with van der Waals surface area (Å²) in [6, 6.07) is 41.8. The fourth-order valence-electron chi connectivity index (χ4n) is 7.19. The molecule has 0 saturated heterocycles. The molecule has 4 nitrogen and oxygen atoms in total. The Labute approximate surface area is 251 Å². The highest BCUT2D eigenvalue weighted by Crippen LogP contribution is 2.48. The van der Waals surface area contributed by atoms with Crippen molar-refractivity contribution in [3.05, 3.63) is 144 Å². The van der Waals surface area contributed by atoms with Gasteiger partial charge in [-0.15, -0.1) is 0 Å². The topological polar surface area (TPSA) is 72.7 Å². The van der Waals surface area contributed by atoms with Gasteiger partial charge in [-0.05, 0) is 78.5 Å². The minimum atomic E-state index is -0.939. The molecule has 0 unspecified atom stereocenters. The second kappa shape index (κ2) is 14.8. The molecule has 1 aliphatic rings. The molecule has 5 rings (SSSR count). The summed E-state index contributed by atoms with van der Waals surface area (Å²) in [5.41, 5.74) is 4.07. The van der Waals surface area contributed by atoms with Crippen LogP contribution in [0, 0.1) is 17.8 Å². The molecule has 1 aliphatic carbocycles. The molecule has 0 aliphatic heterocycles. The molecule has 0 amide bonds. The van der Waals surface area contributed by atoms with E-state index in [0.717, 1.165) is 25.7 Å². The summed E-state index contributed by atoms with van der Waals surface area (Å²) in [4.78, 5) is 0. The molecule has 4 heteroatoms. The van der Waals surface area contributed by atoms with E-state index in [9.17, 15) is 15.3 Å². The van der Waals surface area contributed by atoms with Crippen molar-refractivity contribution < 1.29 is 15.3 Å². The van der Waals surface area contributed by atoms with Gasteiger partial charge in [0.25, 0.3) is 0 Å². The van der Waals surface area contributed by atoms with Crippen LogP contribution in [0.25, 0.3) is 0 Å². The smallest absolute Gasteiger partial charge is 0.0700 e. The monoisotopic (exact) mass is 563 g/mol. The summed E-state index contributed by atoms with van der Waals surface area (Å²) in [7, 11) is 0. The Bertz CT molecular complexity index is 1310. The van der Waals surface area contributed by atoms with Gasteiger partial charge in [0.05, 0.1) is 24.9 Å². The molecular weight excluding hydrogens is 518 g/mol. The second-order valence-electron chi connectivity index (χ2n) is 12.1. The van der Waals surface area contributed by atoms with Gasteiger partial charge in [0.1, 0.15) is 0 Å². The van der Waals surface area contributed by atoms with Crippen molar-refractivity contribution in [3.8, 4) is 0 Å². The van der Waals surface area contributed by atoms with Crippen LogP contribution in [-0.4, -0.2) is 46.2 Å². The van der Waals surface area contributed by atoms with Crippen molar-refractivity contribution in [2.24, 2.45) is 17.8 Å². The first-order valence-corrected chi connectivity index (χ1v) is 15.4. The van der Waals surface area contributed by atoms with Crippen LogP contribution in [0.4, 0.5) is 0 Å². The Morgan fingerprint density at radius 3 is 1.50 bits per heavy atom. The van der Waals surface area contributed by atoms with Gasteiger partial charge in [-0.25, -0.2) is 0 Å². The largest absolute Gasteiger partial charge is 0.395 e. The summed E-state index contributed by atoms with van der Waals surface area (Å²) in [6.07, 6.45) is 4.52. The molecule has 0 bridgehead atoms. The fourth-order valence-corrected chi connectivity index (χ4v) is 7.19. The van der Waals surface area contributed by atoms with Crippen LogP contribution in [-0.2, 0) is 25.7 Å². The average Bonchev–Trinajstić information content (AvgIpc) is 3.04. The molecule has 5 atom stereocenters. The van der Waals surface area contributed by atoms with Gasteiger partial charge >= 0.3 is 0 Å². The van der Waals surface area contributed by atoms with E-state index in [1.807, 2.05) is 6.07 Å². The van der Waals surface area contributed by atoms with Crippen molar-refractivity contribution in [1.82, 2.24) is 5.32 Å². The maximum atomic E-state index is 12.8. The predicted octanol–water partition coefficient (Wildman–Crippen LogP) is 5.64. The number of aryl methyl sites for hydroxylation is 1. The summed E-state index contributed by atoms with van der Waals surface area (Å²) in [5.74, 6) is 0.383. The first-order chi connectivity index (χ1) is 20.6. The van der Waals surface area contributed by atoms with Crippen LogP contribution >= 0.6 is 0 Å². The normalized spacial score (nSPS) is 24.1. The molecule has 4 aromatic rings. The third-order valence-electron chi connectivity index (χ3n) is 9.35. The molecule has 220 valence electrons. The summed E-state index contributed by atoms with van der Waals surface area (Å²) < 4.78 is 0. The SMILES string of the molecule is OCC(CO)N[C@H]1C[C@@](O)(CCc2ccccc2)[C@@H](Cc2ccccc2)[C@@H](Cc2ccccc2)[C@@H]1Cc1ccccc1. The Morgan fingerprint density at radius 2 is 1.02 bits per heavy atom. The van der Waals surface area contributed by atoms with Gasteiger partial charge in [-0.1, -0.05) is 121 Å². The molecule has 42 heavy (non-hydrogen) atoms. The Morgan fingerprint density at radius 1 is 0.595 bits per heavy atom. The Hall–Kier alpha value is -3.28. The van der Waals surface area contributed by atoms with Crippen LogP contribution in [0.1, 0.15) is 35.1 Å². The maximum absolute atomic E-state index is 12.8. The van der Waals surface area contributed by atoms with E-state index in [1.165, 1.54) is 22.3 Å². The third kappa shape index (κ3) is 7.76. The highest BCUT2D eigenvalue weighted by Gasteiger charge is 2.51. The van der Waals surface area contributed by atoms with Crippen molar-refractivity contribution in [2.45, 2.75) is 56.2 Å². The van der Waals surface area contributed by atoms with Gasteiger partial charge in [0.2, 0.25) is 0 Å². The summed E-state index contributed by atoms with van der Waals surface area (Å²) in [6.45, 7) is -0.297. The number of hydrogen-bond donors (Lipinski definition) is 4. The first kappa shape index (κ1) is 30.2. The minimum Gasteiger partial charge on any atom is -0.395 e. The van der Waals surface area contributed by atoms with Crippen molar-refractivity contribution in [2.75, 3.05) is 13.2 Å². The van der Waals surface area contributed by atoms with E-state index in [1.54, 1.807) is 0 Å². The van der Waals surface area contributed by atoms with Gasteiger partial charge in [0, 0.05) is 6.04 Å². The number of rotatable bonds is 13. The zero-order valence-corrected chi connectivity index (χ0v) is 24.4. The van der Waals surface area contributed by atoms with Crippen LogP contribution in [0.5, 0.6) is 0 Å². The van der Waals surface area contributed by atoms with Gasteiger partial charge in [0.15, 0.2) is 0 Å². The molecule has 0 heterocycles. The minimum absolute atomic E-state index is 0.0253. The number of benzene rings is 4. The lowest BCUT2D eigenvalue weighted by Crippen LogP contribution is -2.61. The average molecular weight is 564 g/mol. The predicted molar refractivity (Wildman–Crippen MR) is 170 cm³/mol. The summed E-state index contributed by atoms with van der Waals surface area (Å²) in [5, 5.41) is 36.6. The Kier molecular flexibility index (Phi) is 10.6. The highest BCUT2D eigenvalue weighted by molar-refractivity contribution is 5.24. The lowest BCUT2D eigenvalue weighted by molar-refractivity contribution is -0.113. The second-order valence-corrected chi connectivity index (χ2v) is 12.1. The van der Waals surface area contributed by atoms with Gasteiger partial charge < -0.3 is 20.6 Å². The van der Waals surface area contributed by atoms with Gasteiger partial charge in [-0.2, -0.15) is 0 Å². The van der Waals surface area contributed by atoms with E-state index in [2.05, 4.69) is 121 Å². The number of hydrogen-bond acceptors (Lipinski definition) is 4. The zero-order valence-electron chi connectivity index (χ0n) is 24.4. The van der Waals surface area contributed by atoms with Crippen LogP contribution < -0.4 is 5.32 Å². The third-order valence-corrected chi connectivity index (χ3v) is 9.35. The molecule has 4 aromatic carbocycles. The molecule has 1 fully saturated rings. The lowest BCUT2D eigenvalue weighted by Gasteiger charge is -2.53. The van der Waals surface area contributed by atoms with E-state index >= 15 is 0 Å². The lowest BCUT2D eigenvalue weighted by atomic mass is 9.56. The van der Waals surface area contributed by atoms with E-state index in [4.69, 9.17) is 0 Å². The number of aliphatic hydroxyl groups excluding tert-OH is 2. The molecule has 0 spiro atoms. The molecular formula is C38H45NO3. The molecule has 0 aromatic heterocycles. The van der Waals surface area contributed by atoms with E-state index in [-0.39, 0.29) is 37.0 Å². The Balaban J connectivity index is 1.58. The van der Waals surface area contributed by atoms with Crippen molar-refractivity contribution in [1.29, 1.82) is 0 Å². The van der Waals surface area contributed by atoms with E-state index in [0.29, 0.717) is 12.8 Å². The molecule has 0 radical (unpaired) electrons. The van der Waals surface area contributed by atoms with Crippen LogP contribution in [0.3, 0.4) is 0 Å². The van der Waals surface area contributed by atoms with Crippen LogP contribution in [0.15, 0.2) is 121 Å². The maximum Gasteiger partial charge on any atom is 0.0700 e. The first-order valence-electron chi connectivity index (χ1n) is 15.4. The molecule has 1 saturated carbocycles. The summed E-state index contributed by atoms with van der Waals surface area (Å²) >= 11 is 0. The standard InChI is InChI=1S/C38H45NO3/c40-27-33(28-41)39-37-26-38(42,22-21-29-13-5-1-6-14-29)36(25-32-19-11-4-12-20-32)34(23-30-15-7-2-8-16-30)35(37)24-31-17-9-3-10-18-31/h1-20,33-37,39-42H,21-28H2/t34-,35-,36-,37-,38-/m0/s1. The number of aliphatic hydroxyl groups is 3. The van der Waals surface area contributed by atoms with Crippen molar-refractivity contribution in [3.63, 3.8) is 0 Å². The fraction of sp³-hybridized carbons (Fsp3) is 0.368. The van der Waals surface area contributed by atoms with Gasteiger partial charge in [-0.3, -0.25) is 0 Å². The van der Waals surface area contributed by atoms with E-state index < -0.39 is 11.6 Å². The highest BCUT2D eigenvalue weighted by atomic mass is 16.3. The quantitative estimate of drug-likeness (QED) is 0.170.